The normalized spacial score (nSPS) is 18.1. The molecule has 1 amide bonds. The van der Waals surface area contributed by atoms with Gasteiger partial charge in [0.25, 0.3) is 11.6 Å². The zero-order valence-electron chi connectivity index (χ0n) is 21.3. The maximum absolute atomic E-state index is 13.3. The predicted octanol–water partition coefficient (Wildman–Crippen LogP) is 4.81. The van der Waals surface area contributed by atoms with Crippen molar-refractivity contribution < 1.29 is 9.72 Å². The highest BCUT2D eigenvalue weighted by molar-refractivity contribution is 6.37. The molecule has 0 spiro atoms. The molecule has 0 unspecified atom stereocenters. The third-order valence-corrected chi connectivity index (χ3v) is 7.73. The Kier molecular flexibility index (Phi) is 6.66. The highest BCUT2D eigenvalue weighted by Gasteiger charge is 2.30. The lowest BCUT2D eigenvalue weighted by Gasteiger charge is -2.20. The van der Waals surface area contributed by atoms with Crippen LogP contribution in [0, 0.1) is 10.1 Å². The van der Waals surface area contributed by atoms with Crippen LogP contribution < -0.4 is 16.0 Å². The van der Waals surface area contributed by atoms with Gasteiger partial charge in [-0.2, -0.15) is 0 Å². The van der Waals surface area contributed by atoms with E-state index in [1.54, 1.807) is 6.07 Å². The zero-order valence-corrected chi connectivity index (χ0v) is 21.3. The van der Waals surface area contributed by atoms with Crippen molar-refractivity contribution in [2.75, 3.05) is 36.8 Å². The molecule has 3 aromatic carbocycles. The number of amides is 1. The minimum Gasteiger partial charge on any atom is -0.354 e. The number of anilines is 2. The molecule has 194 valence electrons. The second-order valence-corrected chi connectivity index (χ2v) is 10.2. The third kappa shape index (κ3) is 4.92. The Morgan fingerprint density at radius 3 is 2.61 bits per heavy atom. The first kappa shape index (κ1) is 24.3. The van der Waals surface area contributed by atoms with Gasteiger partial charge in [0.05, 0.1) is 16.2 Å². The summed E-state index contributed by atoms with van der Waals surface area (Å²) >= 11 is 0. The Morgan fingerprint density at radius 1 is 1.00 bits per heavy atom. The monoisotopic (exact) mass is 509 g/mol. The van der Waals surface area contributed by atoms with Crippen molar-refractivity contribution in [1.29, 1.82) is 0 Å². The van der Waals surface area contributed by atoms with Crippen LogP contribution in [0.15, 0.2) is 60.7 Å². The highest BCUT2D eigenvalue weighted by atomic mass is 16.6. The number of nitrogens with one attached hydrogen (secondary N) is 3. The summed E-state index contributed by atoms with van der Waals surface area (Å²) < 4.78 is 0. The van der Waals surface area contributed by atoms with Crippen LogP contribution in [0.4, 0.5) is 17.1 Å². The fourth-order valence-electron chi connectivity index (χ4n) is 5.63. The molecule has 0 atom stereocenters. The summed E-state index contributed by atoms with van der Waals surface area (Å²) in [6, 6.07) is 19.1. The molecule has 8 nitrogen and oxygen atoms in total. The molecular formula is C30H31N5O3. The quantitative estimate of drug-likeness (QED) is 0.240. The van der Waals surface area contributed by atoms with Gasteiger partial charge >= 0.3 is 0 Å². The van der Waals surface area contributed by atoms with Gasteiger partial charge in [0.1, 0.15) is 0 Å². The molecule has 1 saturated heterocycles. The number of nitrogens with zero attached hydrogens (tertiary/aromatic N) is 2. The van der Waals surface area contributed by atoms with Crippen LogP contribution in [-0.2, 0) is 24.2 Å². The standard InChI is InChI=1S/C30H31N5O3/c36-30-28(26-18-25(35(37)38)9-10-27(26)33-30)29(32-24-8-7-23-19-31-13-11-22(23)17-24)21-5-3-20(4-6-21)12-16-34-14-1-2-15-34/h3-10,17-18,31-32H,1-2,11-16,19H2,(H,33,36)/b29-28-. The zero-order chi connectivity index (χ0) is 26.1. The molecule has 38 heavy (non-hydrogen) atoms. The summed E-state index contributed by atoms with van der Waals surface area (Å²) in [5, 5.41) is 21.3. The molecule has 3 aromatic rings. The topological polar surface area (TPSA) is 99.5 Å². The predicted molar refractivity (Wildman–Crippen MR) is 150 cm³/mol. The average molecular weight is 510 g/mol. The molecule has 3 N–H and O–H groups in total. The smallest absolute Gasteiger partial charge is 0.270 e. The van der Waals surface area contributed by atoms with Crippen molar-refractivity contribution in [2.24, 2.45) is 0 Å². The first-order valence-corrected chi connectivity index (χ1v) is 13.3. The number of nitro groups is 1. The fourth-order valence-corrected chi connectivity index (χ4v) is 5.63. The largest absolute Gasteiger partial charge is 0.354 e. The molecule has 3 aliphatic heterocycles. The van der Waals surface area contributed by atoms with Crippen molar-refractivity contribution >= 4 is 34.2 Å². The number of rotatable bonds is 7. The van der Waals surface area contributed by atoms with Crippen LogP contribution in [0.25, 0.3) is 11.3 Å². The summed E-state index contributed by atoms with van der Waals surface area (Å²) in [6.07, 6.45) is 4.48. The average Bonchev–Trinajstić information content (AvgIpc) is 3.57. The number of likely N-dealkylation sites (tertiary alicyclic amines) is 1. The van der Waals surface area contributed by atoms with Crippen LogP contribution in [0.1, 0.15) is 40.7 Å². The molecule has 0 aliphatic carbocycles. The van der Waals surface area contributed by atoms with Gasteiger partial charge in [-0.25, -0.2) is 0 Å². The summed E-state index contributed by atoms with van der Waals surface area (Å²) in [4.78, 5) is 26.9. The first-order valence-electron chi connectivity index (χ1n) is 13.3. The molecule has 0 radical (unpaired) electrons. The van der Waals surface area contributed by atoms with Crippen LogP contribution in [-0.4, -0.2) is 41.9 Å². The SMILES string of the molecule is O=C1Nc2ccc([N+](=O)[O-])cc2/C1=C(/Nc1ccc2c(c1)CCNC2)c1ccc(CCN2CCCC2)cc1. The summed E-state index contributed by atoms with van der Waals surface area (Å²) in [7, 11) is 0. The minimum atomic E-state index is -0.430. The van der Waals surface area contributed by atoms with Crippen LogP contribution in [0.2, 0.25) is 0 Å². The van der Waals surface area contributed by atoms with Gasteiger partial charge in [0, 0.05) is 42.2 Å². The van der Waals surface area contributed by atoms with E-state index in [-0.39, 0.29) is 11.6 Å². The van der Waals surface area contributed by atoms with E-state index in [9.17, 15) is 14.9 Å². The molecule has 3 aliphatic rings. The number of benzene rings is 3. The number of nitro benzene ring substituents is 1. The summed E-state index contributed by atoms with van der Waals surface area (Å²) in [5.74, 6) is -0.275. The van der Waals surface area contributed by atoms with Gasteiger partial charge in [0.2, 0.25) is 0 Å². The molecule has 8 heteroatoms. The second-order valence-electron chi connectivity index (χ2n) is 10.2. The van der Waals surface area contributed by atoms with E-state index in [1.165, 1.54) is 54.8 Å². The van der Waals surface area contributed by atoms with Crippen molar-refractivity contribution in [3.63, 3.8) is 0 Å². The Balaban J connectivity index is 1.39. The number of hydrogen-bond donors (Lipinski definition) is 3. The van der Waals surface area contributed by atoms with E-state index in [2.05, 4.69) is 45.1 Å². The molecule has 0 aromatic heterocycles. The van der Waals surface area contributed by atoms with E-state index in [4.69, 9.17) is 0 Å². The molecule has 3 heterocycles. The van der Waals surface area contributed by atoms with Crippen molar-refractivity contribution in [3.05, 3.63) is 98.6 Å². The third-order valence-electron chi connectivity index (χ3n) is 7.73. The van der Waals surface area contributed by atoms with Gasteiger partial charge in [-0.05, 0) is 85.8 Å². The summed E-state index contributed by atoms with van der Waals surface area (Å²) in [6.45, 7) is 5.19. The van der Waals surface area contributed by atoms with Crippen molar-refractivity contribution in [3.8, 4) is 0 Å². The molecule has 6 rings (SSSR count). The van der Waals surface area contributed by atoms with Gasteiger partial charge < -0.3 is 20.9 Å². The van der Waals surface area contributed by atoms with Gasteiger partial charge in [-0.1, -0.05) is 30.3 Å². The fraction of sp³-hybridized carbons (Fsp3) is 0.300. The maximum atomic E-state index is 13.3. The van der Waals surface area contributed by atoms with E-state index < -0.39 is 4.92 Å². The minimum absolute atomic E-state index is 0.0457. The summed E-state index contributed by atoms with van der Waals surface area (Å²) in [5.41, 5.74) is 7.67. The lowest BCUT2D eigenvalue weighted by Crippen LogP contribution is -2.23. The van der Waals surface area contributed by atoms with E-state index in [0.29, 0.717) is 22.5 Å². The second kappa shape index (κ2) is 10.4. The van der Waals surface area contributed by atoms with Gasteiger partial charge in [-0.15, -0.1) is 0 Å². The number of hydrogen-bond acceptors (Lipinski definition) is 6. The maximum Gasteiger partial charge on any atom is 0.270 e. The van der Waals surface area contributed by atoms with E-state index >= 15 is 0 Å². The van der Waals surface area contributed by atoms with E-state index in [0.717, 1.165) is 43.7 Å². The number of fused-ring (bicyclic) bond motifs is 2. The van der Waals surface area contributed by atoms with Crippen LogP contribution >= 0.6 is 0 Å². The first-order chi connectivity index (χ1) is 18.5. The molecule has 0 bridgehead atoms. The molecular weight excluding hydrogens is 478 g/mol. The van der Waals surface area contributed by atoms with Crippen LogP contribution in [0.5, 0.6) is 0 Å². The lowest BCUT2D eigenvalue weighted by atomic mass is 9.97. The van der Waals surface area contributed by atoms with Crippen molar-refractivity contribution in [1.82, 2.24) is 10.2 Å². The number of carbonyl (C=O) groups is 1. The molecule has 1 fully saturated rings. The Morgan fingerprint density at radius 2 is 1.82 bits per heavy atom. The number of carbonyl (C=O) groups excluding carboxylic acids is 1. The Labute approximate surface area is 221 Å². The Hall–Kier alpha value is -4.01. The Bertz CT molecular complexity index is 1420. The van der Waals surface area contributed by atoms with E-state index in [1.807, 2.05) is 18.2 Å². The van der Waals surface area contributed by atoms with Crippen LogP contribution in [0.3, 0.4) is 0 Å². The van der Waals surface area contributed by atoms with Gasteiger partial charge in [0.15, 0.2) is 0 Å². The molecule has 0 saturated carbocycles. The van der Waals surface area contributed by atoms with Gasteiger partial charge in [-0.3, -0.25) is 14.9 Å². The number of non-ortho nitro benzene ring substituents is 1. The lowest BCUT2D eigenvalue weighted by molar-refractivity contribution is -0.384. The van der Waals surface area contributed by atoms with Crippen molar-refractivity contribution in [2.45, 2.75) is 32.2 Å². The highest BCUT2D eigenvalue weighted by Crippen LogP contribution is 2.39.